The van der Waals surface area contributed by atoms with Crippen molar-refractivity contribution < 1.29 is 13.9 Å². The molecule has 31 heavy (non-hydrogen) atoms. The smallest absolute Gasteiger partial charge is 0.256 e. The molecule has 0 spiro atoms. The minimum absolute atomic E-state index is 0. The Morgan fingerprint density at radius 3 is 2.77 bits per heavy atom. The van der Waals surface area contributed by atoms with Gasteiger partial charge in [0.25, 0.3) is 5.91 Å². The van der Waals surface area contributed by atoms with Crippen LogP contribution in [0.1, 0.15) is 40.2 Å². The second kappa shape index (κ2) is 10.2. The van der Waals surface area contributed by atoms with Crippen LogP contribution in [0.3, 0.4) is 0 Å². The molecule has 2 N–H and O–H groups in total. The van der Waals surface area contributed by atoms with Gasteiger partial charge in [-0.1, -0.05) is 12.1 Å². The maximum Gasteiger partial charge on any atom is 0.256 e. The van der Waals surface area contributed by atoms with Gasteiger partial charge in [0.15, 0.2) is 0 Å². The first-order valence-electron chi connectivity index (χ1n) is 10.3. The number of aromatic nitrogens is 2. The lowest BCUT2D eigenvalue weighted by molar-refractivity contribution is 0.0714. The van der Waals surface area contributed by atoms with E-state index >= 15 is 0 Å². The summed E-state index contributed by atoms with van der Waals surface area (Å²) in [6.45, 7) is 2.77. The summed E-state index contributed by atoms with van der Waals surface area (Å²) >= 11 is 0. The van der Waals surface area contributed by atoms with E-state index in [2.05, 4.69) is 4.98 Å². The van der Waals surface area contributed by atoms with Crippen LogP contribution in [0.5, 0.6) is 0 Å². The van der Waals surface area contributed by atoms with E-state index in [9.17, 15) is 9.18 Å². The van der Waals surface area contributed by atoms with Crippen molar-refractivity contribution in [2.45, 2.75) is 31.8 Å². The molecule has 0 aliphatic carbocycles. The molecule has 4 rings (SSSR count). The fourth-order valence-corrected chi connectivity index (χ4v) is 4.25. The third kappa shape index (κ3) is 4.74. The molecule has 1 saturated heterocycles. The van der Waals surface area contributed by atoms with Crippen molar-refractivity contribution in [1.82, 2.24) is 14.5 Å². The lowest BCUT2D eigenvalue weighted by Crippen LogP contribution is -2.38. The number of hydrogen-bond donors (Lipinski definition) is 1. The first-order valence-corrected chi connectivity index (χ1v) is 10.3. The van der Waals surface area contributed by atoms with E-state index in [1.54, 1.807) is 19.4 Å². The predicted octanol–water partition coefficient (Wildman–Crippen LogP) is 3.72. The number of amides is 1. The van der Waals surface area contributed by atoms with Gasteiger partial charge in [-0.3, -0.25) is 4.79 Å². The second-order valence-electron chi connectivity index (χ2n) is 7.73. The highest BCUT2D eigenvalue weighted by atomic mass is 35.5. The topological polar surface area (TPSA) is 73.4 Å². The predicted molar refractivity (Wildman–Crippen MR) is 121 cm³/mol. The molecule has 1 amide bonds. The largest absolute Gasteiger partial charge is 0.383 e. The third-order valence-corrected chi connectivity index (χ3v) is 5.92. The normalized spacial score (nSPS) is 14.6. The fourth-order valence-electron chi connectivity index (χ4n) is 4.25. The Labute approximate surface area is 187 Å². The number of hydrogen-bond acceptors (Lipinski definition) is 4. The molecule has 8 heteroatoms. The molecule has 0 bridgehead atoms. The molecule has 166 valence electrons. The summed E-state index contributed by atoms with van der Waals surface area (Å²) < 4.78 is 21.5. The van der Waals surface area contributed by atoms with Crippen LogP contribution in [0, 0.1) is 5.82 Å². The summed E-state index contributed by atoms with van der Waals surface area (Å²) in [5.41, 5.74) is 8.80. The van der Waals surface area contributed by atoms with Crippen LogP contribution in [0.25, 0.3) is 11.0 Å². The summed E-state index contributed by atoms with van der Waals surface area (Å²) in [6.07, 6.45) is 5.07. The van der Waals surface area contributed by atoms with Crippen LogP contribution >= 0.6 is 12.4 Å². The van der Waals surface area contributed by atoms with Crippen molar-refractivity contribution in [3.8, 4) is 0 Å². The van der Waals surface area contributed by atoms with Gasteiger partial charge in [0.05, 0.1) is 12.2 Å². The van der Waals surface area contributed by atoms with Crippen LogP contribution < -0.4 is 5.73 Å². The molecular weight excluding hydrogens is 419 g/mol. The van der Waals surface area contributed by atoms with E-state index in [0.717, 1.165) is 29.4 Å². The standard InChI is InChI=1S/C23H27FN4O2.ClH/c1-30-12-11-28-15-20(18-3-2-8-26-22(18)28)23(29)27-9-6-17(7-10-27)19-13-16(14-25)4-5-21(19)24;/h2-5,8,13,15,17H,6-7,9-12,14,25H2,1H3;1H. The zero-order valence-corrected chi connectivity index (χ0v) is 18.4. The summed E-state index contributed by atoms with van der Waals surface area (Å²) in [6, 6.07) is 8.87. The van der Waals surface area contributed by atoms with Crippen LogP contribution in [0.4, 0.5) is 4.39 Å². The number of piperidine rings is 1. The molecule has 6 nitrogen and oxygen atoms in total. The highest BCUT2D eigenvalue weighted by Crippen LogP contribution is 2.32. The number of carbonyl (C=O) groups excluding carboxylic acids is 1. The van der Waals surface area contributed by atoms with Crippen molar-refractivity contribution in [2.75, 3.05) is 26.8 Å². The molecule has 0 saturated carbocycles. The molecule has 0 unspecified atom stereocenters. The van der Waals surface area contributed by atoms with Gasteiger partial charge in [-0.05, 0) is 48.1 Å². The van der Waals surface area contributed by atoms with Gasteiger partial charge < -0.3 is 19.9 Å². The summed E-state index contributed by atoms with van der Waals surface area (Å²) in [5.74, 6) is -0.0895. The van der Waals surface area contributed by atoms with Crippen molar-refractivity contribution in [3.05, 3.63) is 65.2 Å². The number of halogens is 2. The number of nitrogens with two attached hydrogens (primary N) is 1. The highest BCUT2D eigenvalue weighted by Gasteiger charge is 2.28. The van der Waals surface area contributed by atoms with Crippen molar-refractivity contribution in [3.63, 3.8) is 0 Å². The number of rotatable bonds is 6. The van der Waals surface area contributed by atoms with Gasteiger partial charge in [0.2, 0.25) is 0 Å². The Balaban J connectivity index is 0.00000272. The number of ether oxygens (including phenoxy) is 1. The Kier molecular flexibility index (Phi) is 7.64. The van der Waals surface area contributed by atoms with Crippen LogP contribution in [-0.4, -0.2) is 47.2 Å². The van der Waals surface area contributed by atoms with E-state index < -0.39 is 0 Å². The Bertz CT molecular complexity index is 1050. The fraction of sp³-hybridized carbons (Fsp3) is 0.391. The molecule has 1 fully saturated rings. The molecule has 1 aromatic carbocycles. The SMILES string of the molecule is COCCn1cc(C(=O)N2CCC(c3cc(CN)ccc3F)CC2)c2cccnc21.Cl. The van der Waals surface area contributed by atoms with E-state index in [4.69, 9.17) is 10.5 Å². The third-order valence-electron chi connectivity index (χ3n) is 5.92. The van der Waals surface area contributed by atoms with E-state index in [0.29, 0.717) is 43.9 Å². The Morgan fingerprint density at radius 1 is 1.29 bits per heavy atom. The molecule has 0 radical (unpaired) electrons. The second-order valence-corrected chi connectivity index (χ2v) is 7.73. The van der Waals surface area contributed by atoms with Crippen LogP contribution in [0.2, 0.25) is 0 Å². The Hall–Kier alpha value is -2.48. The zero-order chi connectivity index (χ0) is 21.1. The van der Waals surface area contributed by atoms with Crippen LogP contribution in [-0.2, 0) is 17.8 Å². The van der Waals surface area contributed by atoms with Gasteiger partial charge in [-0.15, -0.1) is 12.4 Å². The van der Waals surface area contributed by atoms with Gasteiger partial charge in [0, 0.05) is 51.1 Å². The van der Waals surface area contributed by atoms with Crippen molar-refractivity contribution in [2.24, 2.45) is 5.73 Å². The Morgan fingerprint density at radius 2 is 2.06 bits per heavy atom. The minimum atomic E-state index is -0.190. The first kappa shape index (κ1) is 23.2. The quantitative estimate of drug-likeness (QED) is 0.626. The molecule has 3 heterocycles. The van der Waals surface area contributed by atoms with E-state index in [1.807, 2.05) is 33.9 Å². The average molecular weight is 447 g/mol. The maximum atomic E-state index is 14.3. The van der Waals surface area contributed by atoms with Gasteiger partial charge >= 0.3 is 0 Å². The molecule has 0 atom stereocenters. The summed E-state index contributed by atoms with van der Waals surface area (Å²) in [5, 5.41) is 0.849. The number of methoxy groups -OCH3 is 1. The van der Waals surface area contributed by atoms with Gasteiger partial charge in [0.1, 0.15) is 11.5 Å². The van der Waals surface area contributed by atoms with Crippen molar-refractivity contribution in [1.29, 1.82) is 0 Å². The molecule has 1 aliphatic rings. The number of nitrogens with zero attached hydrogens (tertiary/aromatic N) is 3. The lowest BCUT2D eigenvalue weighted by Gasteiger charge is -2.32. The number of pyridine rings is 1. The number of benzene rings is 1. The summed E-state index contributed by atoms with van der Waals surface area (Å²) in [4.78, 5) is 19.6. The molecule has 1 aliphatic heterocycles. The highest BCUT2D eigenvalue weighted by molar-refractivity contribution is 6.06. The molecule has 3 aromatic rings. The minimum Gasteiger partial charge on any atom is -0.383 e. The maximum absolute atomic E-state index is 14.3. The van der Waals surface area contributed by atoms with Crippen LogP contribution in [0.15, 0.2) is 42.7 Å². The monoisotopic (exact) mass is 446 g/mol. The van der Waals surface area contributed by atoms with Gasteiger partial charge in [-0.25, -0.2) is 9.37 Å². The number of likely N-dealkylation sites (tertiary alicyclic amines) is 1. The molecular formula is C23H28ClFN4O2. The van der Waals surface area contributed by atoms with Gasteiger partial charge in [-0.2, -0.15) is 0 Å². The first-order chi connectivity index (χ1) is 14.6. The lowest BCUT2D eigenvalue weighted by atomic mass is 9.88. The average Bonchev–Trinajstić information content (AvgIpc) is 3.16. The van der Waals surface area contributed by atoms with Crippen molar-refractivity contribution >= 4 is 29.3 Å². The number of carbonyl (C=O) groups is 1. The van der Waals surface area contributed by atoms with E-state index in [1.165, 1.54) is 6.07 Å². The summed E-state index contributed by atoms with van der Waals surface area (Å²) in [7, 11) is 1.65. The zero-order valence-electron chi connectivity index (χ0n) is 17.6. The van der Waals surface area contributed by atoms with E-state index in [-0.39, 0.29) is 30.0 Å². The number of fused-ring (bicyclic) bond motifs is 1. The molecule has 2 aromatic heterocycles.